The lowest BCUT2D eigenvalue weighted by Gasteiger charge is -2.15. The van der Waals surface area contributed by atoms with Crippen LogP contribution in [0.4, 0.5) is 0 Å². The SMILES string of the molecule is O=C(NC(CCl)Cc1ccccc1)c1ccccn1. The van der Waals surface area contributed by atoms with Crippen LogP contribution in [0.2, 0.25) is 0 Å². The lowest BCUT2D eigenvalue weighted by atomic mass is 10.1. The molecule has 0 saturated heterocycles. The molecule has 0 radical (unpaired) electrons. The van der Waals surface area contributed by atoms with E-state index in [4.69, 9.17) is 11.6 Å². The van der Waals surface area contributed by atoms with Crippen molar-refractivity contribution in [3.63, 3.8) is 0 Å². The van der Waals surface area contributed by atoms with Gasteiger partial charge in [-0.25, -0.2) is 0 Å². The van der Waals surface area contributed by atoms with Crippen LogP contribution >= 0.6 is 11.6 Å². The second-order valence-corrected chi connectivity index (χ2v) is 4.54. The van der Waals surface area contributed by atoms with Gasteiger partial charge in [0.25, 0.3) is 5.91 Å². The van der Waals surface area contributed by atoms with Crippen molar-refractivity contribution in [2.45, 2.75) is 12.5 Å². The van der Waals surface area contributed by atoms with Gasteiger partial charge in [0.05, 0.1) is 0 Å². The van der Waals surface area contributed by atoms with E-state index in [9.17, 15) is 4.79 Å². The number of nitrogens with zero attached hydrogens (tertiary/aromatic N) is 1. The van der Waals surface area contributed by atoms with E-state index in [1.165, 1.54) is 0 Å². The Kier molecular flexibility index (Phi) is 4.93. The first-order valence-corrected chi connectivity index (χ1v) is 6.65. The molecule has 4 heteroatoms. The maximum Gasteiger partial charge on any atom is 0.270 e. The molecule has 2 rings (SSSR count). The highest BCUT2D eigenvalue weighted by molar-refractivity contribution is 6.18. The molecule has 0 saturated carbocycles. The van der Waals surface area contributed by atoms with Gasteiger partial charge in [-0.05, 0) is 24.1 Å². The van der Waals surface area contributed by atoms with Crippen LogP contribution in [0.25, 0.3) is 0 Å². The zero-order valence-electron chi connectivity index (χ0n) is 10.4. The summed E-state index contributed by atoms with van der Waals surface area (Å²) in [4.78, 5) is 16.0. The normalized spacial score (nSPS) is 11.8. The molecule has 98 valence electrons. The fourth-order valence-corrected chi connectivity index (χ4v) is 1.99. The molecule has 1 aromatic carbocycles. The van der Waals surface area contributed by atoms with Gasteiger partial charge < -0.3 is 5.32 Å². The fourth-order valence-electron chi connectivity index (χ4n) is 1.80. The highest BCUT2D eigenvalue weighted by atomic mass is 35.5. The summed E-state index contributed by atoms with van der Waals surface area (Å²) in [6.45, 7) is 0. The van der Waals surface area contributed by atoms with Crippen molar-refractivity contribution in [2.24, 2.45) is 0 Å². The minimum Gasteiger partial charge on any atom is -0.346 e. The van der Waals surface area contributed by atoms with Crippen LogP contribution in [0.5, 0.6) is 0 Å². The number of pyridine rings is 1. The molecule has 1 aromatic heterocycles. The Morgan fingerprint density at radius 1 is 1.16 bits per heavy atom. The van der Waals surface area contributed by atoms with Crippen LogP contribution < -0.4 is 5.32 Å². The molecule has 1 amide bonds. The van der Waals surface area contributed by atoms with Crippen LogP contribution in [0.15, 0.2) is 54.7 Å². The minimum atomic E-state index is -0.192. The van der Waals surface area contributed by atoms with Crippen molar-refractivity contribution in [3.05, 3.63) is 66.0 Å². The topological polar surface area (TPSA) is 42.0 Å². The summed E-state index contributed by atoms with van der Waals surface area (Å²) in [6, 6.07) is 15.1. The number of carbonyl (C=O) groups is 1. The van der Waals surface area contributed by atoms with Crippen molar-refractivity contribution in [1.29, 1.82) is 0 Å². The number of benzene rings is 1. The smallest absolute Gasteiger partial charge is 0.270 e. The van der Waals surface area contributed by atoms with Gasteiger partial charge in [-0.2, -0.15) is 0 Å². The second kappa shape index (κ2) is 6.90. The van der Waals surface area contributed by atoms with Crippen molar-refractivity contribution in [3.8, 4) is 0 Å². The van der Waals surface area contributed by atoms with E-state index in [0.29, 0.717) is 18.0 Å². The predicted octanol–water partition coefficient (Wildman–Crippen LogP) is 2.66. The van der Waals surface area contributed by atoms with Crippen molar-refractivity contribution in [2.75, 3.05) is 5.88 Å². The molecule has 1 atom stereocenters. The van der Waals surface area contributed by atoms with Gasteiger partial charge in [-0.3, -0.25) is 9.78 Å². The van der Waals surface area contributed by atoms with E-state index in [0.717, 1.165) is 5.56 Å². The largest absolute Gasteiger partial charge is 0.346 e. The molecule has 0 aliphatic heterocycles. The van der Waals surface area contributed by atoms with Crippen LogP contribution in [-0.4, -0.2) is 22.8 Å². The van der Waals surface area contributed by atoms with Crippen LogP contribution in [0, 0.1) is 0 Å². The summed E-state index contributed by atoms with van der Waals surface area (Å²) in [5.41, 5.74) is 1.56. The molecule has 1 N–H and O–H groups in total. The fraction of sp³-hybridized carbons (Fsp3) is 0.200. The number of hydrogen-bond donors (Lipinski definition) is 1. The zero-order chi connectivity index (χ0) is 13.5. The van der Waals surface area contributed by atoms with Gasteiger partial charge in [-0.15, -0.1) is 11.6 Å². The number of halogens is 1. The summed E-state index contributed by atoms with van der Waals surface area (Å²) in [6.07, 6.45) is 2.31. The third-order valence-corrected chi connectivity index (χ3v) is 3.12. The molecule has 3 nitrogen and oxygen atoms in total. The first-order valence-electron chi connectivity index (χ1n) is 6.11. The van der Waals surface area contributed by atoms with Crippen molar-refractivity contribution in [1.82, 2.24) is 10.3 Å². The van der Waals surface area contributed by atoms with Gasteiger partial charge in [0.2, 0.25) is 0 Å². The number of aromatic nitrogens is 1. The Hall–Kier alpha value is -1.87. The second-order valence-electron chi connectivity index (χ2n) is 4.23. The maximum atomic E-state index is 12.0. The molecule has 0 fully saturated rings. The third kappa shape index (κ3) is 4.07. The Labute approximate surface area is 117 Å². The predicted molar refractivity (Wildman–Crippen MR) is 76.4 cm³/mol. The summed E-state index contributed by atoms with van der Waals surface area (Å²) < 4.78 is 0. The molecule has 0 aliphatic carbocycles. The highest BCUT2D eigenvalue weighted by Crippen LogP contribution is 2.05. The molecule has 1 heterocycles. The Bertz CT molecular complexity index is 516. The van der Waals surface area contributed by atoms with Crippen LogP contribution in [0.1, 0.15) is 16.1 Å². The van der Waals surface area contributed by atoms with Crippen LogP contribution in [0.3, 0.4) is 0 Å². The lowest BCUT2D eigenvalue weighted by molar-refractivity contribution is 0.0935. The summed E-state index contributed by atoms with van der Waals surface area (Å²) in [5.74, 6) is 0.176. The quantitative estimate of drug-likeness (QED) is 0.852. The van der Waals surface area contributed by atoms with Gasteiger partial charge in [0.15, 0.2) is 0 Å². The van der Waals surface area contributed by atoms with Gasteiger partial charge in [0, 0.05) is 18.1 Å². The van der Waals surface area contributed by atoms with E-state index < -0.39 is 0 Å². The number of amides is 1. The molecule has 0 aliphatic rings. The van der Waals surface area contributed by atoms with E-state index >= 15 is 0 Å². The first kappa shape index (κ1) is 13.6. The molecular weight excluding hydrogens is 260 g/mol. The molecule has 0 bridgehead atoms. The average Bonchev–Trinajstić information content (AvgIpc) is 2.48. The number of rotatable bonds is 5. The number of nitrogens with one attached hydrogen (secondary N) is 1. The summed E-state index contributed by atoms with van der Waals surface area (Å²) in [7, 11) is 0. The molecule has 0 spiro atoms. The van der Waals surface area contributed by atoms with Crippen LogP contribution in [-0.2, 0) is 6.42 Å². The Morgan fingerprint density at radius 2 is 1.89 bits per heavy atom. The minimum absolute atomic E-state index is 0.0985. The van der Waals surface area contributed by atoms with E-state index in [1.807, 2.05) is 30.3 Å². The Balaban J connectivity index is 1.98. The van der Waals surface area contributed by atoms with E-state index in [2.05, 4.69) is 10.3 Å². The average molecular weight is 275 g/mol. The maximum absolute atomic E-state index is 12.0. The number of alkyl halides is 1. The molecule has 2 aromatic rings. The van der Waals surface area contributed by atoms with E-state index in [-0.39, 0.29) is 11.9 Å². The van der Waals surface area contributed by atoms with Gasteiger partial charge in [-0.1, -0.05) is 36.4 Å². The van der Waals surface area contributed by atoms with E-state index in [1.54, 1.807) is 24.4 Å². The Morgan fingerprint density at radius 3 is 2.53 bits per heavy atom. The zero-order valence-corrected chi connectivity index (χ0v) is 11.2. The number of carbonyl (C=O) groups excluding carboxylic acids is 1. The third-order valence-electron chi connectivity index (χ3n) is 2.74. The highest BCUT2D eigenvalue weighted by Gasteiger charge is 2.13. The van der Waals surface area contributed by atoms with Gasteiger partial charge in [0.1, 0.15) is 5.69 Å². The molecular formula is C15H15ClN2O. The van der Waals surface area contributed by atoms with Crippen molar-refractivity contribution >= 4 is 17.5 Å². The lowest BCUT2D eigenvalue weighted by Crippen LogP contribution is -2.38. The monoisotopic (exact) mass is 274 g/mol. The molecule has 1 unspecified atom stereocenters. The van der Waals surface area contributed by atoms with Crippen molar-refractivity contribution < 1.29 is 4.79 Å². The molecule has 19 heavy (non-hydrogen) atoms. The summed E-state index contributed by atoms with van der Waals surface area (Å²) >= 11 is 5.91. The van der Waals surface area contributed by atoms with Gasteiger partial charge >= 0.3 is 0 Å². The standard InChI is InChI=1S/C15H15ClN2O/c16-11-13(10-12-6-2-1-3-7-12)18-15(19)14-8-4-5-9-17-14/h1-9,13H,10-11H2,(H,18,19). The first-order chi connectivity index (χ1) is 9.29. The summed E-state index contributed by atoms with van der Waals surface area (Å²) in [5, 5.41) is 2.90. The number of hydrogen-bond acceptors (Lipinski definition) is 2.